The maximum atomic E-state index is 11.3. The Bertz CT molecular complexity index is 924. The Morgan fingerprint density at radius 2 is 2.00 bits per heavy atom. The minimum absolute atomic E-state index is 0.00787. The number of aliphatic hydroxyl groups is 1. The van der Waals surface area contributed by atoms with E-state index >= 15 is 0 Å². The quantitative estimate of drug-likeness (QED) is 0.503. The van der Waals surface area contributed by atoms with Gasteiger partial charge < -0.3 is 9.84 Å². The van der Waals surface area contributed by atoms with Crippen molar-refractivity contribution in [3.8, 4) is 5.75 Å². The molecule has 7 nitrogen and oxygen atoms in total. The van der Waals surface area contributed by atoms with Gasteiger partial charge in [0.25, 0.3) is 5.78 Å². The van der Waals surface area contributed by atoms with Gasteiger partial charge >= 0.3 is 0 Å². The monoisotopic (exact) mass is 372 g/mol. The summed E-state index contributed by atoms with van der Waals surface area (Å²) in [4.78, 5) is 15.6. The molecule has 0 saturated heterocycles. The molecule has 3 rings (SSSR count). The van der Waals surface area contributed by atoms with Crippen LogP contribution < -0.4 is 4.74 Å². The molecule has 3 aromatic rings. The number of Topliss-reactive ketones (excluding diaryl/α,β-unsaturated/α-hetero) is 1. The van der Waals surface area contributed by atoms with Crippen LogP contribution in [-0.4, -0.2) is 48.9 Å². The number of benzene rings is 1. The summed E-state index contributed by atoms with van der Waals surface area (Å²) in [7, 11) is 0. The molecule has 8 heteroatoms. The number of aryl methyl sites for hydroxylation is 2. The van der Waals surface area contributed by atoms with Gasteiger partial charge in [0.05, 0.1) is 6.10 Å². The van der Waals surface area contributed by atoms with Crippen LogP contribution in [0.25, 0.3) is 5.78 Å². The van der Waals surface area contributed by atoms with E-state index in [0.717, 1.165) is 11.4 Å². The summed E-state index contributed by atoms with van der Waals surface area (Å²) in [5, 5.41) is 19.1. The van der Waals surface area contributed by atoms with E-state index in [2.05, 4.69) is 15.2 Å². The lowest BCUT2D eigenvalue weighted by atomic mass is 10.1. The third-order valence-corrected chi connectivity index (χ3v) is 4.85. The zero-order valence-electron chi connectivity index (χ0n) is 14.8. The fraction of sp³-hybridized carbons (Fsp3) is 0.333. The highest BCUT2D eigenvalue weighted by atomic mass is 32.2. The van der Waals surface area contributed by atoms with Gasteiger partial charge in [-0.05, 0) is 51.1 Å². The second-order valence-electron chi connectivity index (χ2n) is 6.01. The van der Waals surface area contributed by atoms with Crippen LogP contribution in [0.15, 0.2) is 35.5 Å². The topological polar surface area (TPSA) is 89.6 Å². The molecule has 1 atom stereocenters. The van der Waals surface area contributed by atoms with E-state index in [-0.39, 0.29) is 12.4 Å². The molecule has 0 unspecified atom stereocenters. The van der Waals surface area contributed by atoms with Crippen LogP contribution in [0.4, 0.5) is 0 Å². The Labute approximate surface area is 155 Å². The van der Waals surface area contributed by atoms with Gasteiger partial charge in [-0.15, -0.1) is 10.2 Å². The van der Waals surface area contributed by atoms with Gasteiger partial charge in [-0.3, -0.25) is 9.20 Å². The van der Waals surface area contributed by atoms with Crippen LogP contribution in [-0.2, 0) is 0 Å². The van der Waals surface area contributed by atoms with Crippen molar-refractivity contribution < 1.29 is 14.6 Å². The van der Waals surface area contributed by atoms with Gasteiger partial charge in [0, 0.05) is 22.7 Å². The van der Waals surface area contributed by atoms with Gasteiger partial charge in [-0.1, -0.05) is 11.8 Å². The summed E-state index contributed by atoms with van der Waals surface area (Å²) in [6, 6.07) is 8.82. The summed E-state index contributed by atoms with van der Waals surface area (Å²) in [5.74, 6) is 1.59. The summed E-state index contributed by atoms with van der Waals surface area (Å²) in [5.41, 5.74) is 2.52. The second kappa shape index (κ2) is 7.84. The molecular weight excluding hydrogens is 352 g/mol. The number of hydrogen-bond acceptors (Lipinski definition) is 7. The van der Waals surface area contributed by atoms with Crippen LogP contribution >= 0.6 is 11.8 Å². The van der Waals surface area contributed by atoms with Crippen molar-refractivity contribution in [2.24, 2.45) is 0 Å². The van der Waals surface area contributed by atoms with Crippen molar-refractivity contribution in [2.45, 2.75) is 32.0 Å². The maximum absolute atomic E-state index is 11.3. The van der Waals surface area contributed by atoms with E-state index in [1.54, 1.807) is 24.3 Å². The Hall–Kier alpha value is -2.45. The highest BCUT2D eigenvalue weighted by Gasteiger charge is 2.13. The molecule has 1 N–H and O–H groups in total. The Kier molecular flexibility index (Phi) is 5.53. The number of hydrogen-bond donors (Lipinski definition) is 1. The molecule has 1 aromatic carbocycles. The van der Waals surface area contributed by atoms with Gasteiger partial charge in [0.1, 0.15) is 12.4 Å². The Morgan fingerprint density at radius 1 is 1.27 bits per heavy atom. The summed E-state index contributed by atoms with van der Waals surface area (Å²) >= 11 is 1.40. The fourth-order valence-corrected chi connectivity index (χ4v) is 3.38. The lowest BCUT2D eigenvalue weighted by Crippen LogP contribution is -2.20. The zero-order chi connectivity index (χ0) is 18.7. The number of rotatable bonds is 7. The molecule has 0 amide bonds. The first-order chi connectivity index (χ1) is 12.4. The minimum atomic E-state index is -0.668. The van der Waals surface area contributed by atoms with E-state index in [1.807, 2.05) is 24.3 Å². The van der Waals surface area contributed by atoms with Crippen molar-refractivity contribution in [1.82, 2.24) is 19.6 Å². The highest BCUT2D eigenvalue weighted by Crippen LogP contribution is 2.20. The van der Waals surface area contributed by atoms with E-state index < -0.39 is 6.10 Å². The molecule has 0 bridgehead atoms. The molecule has 0 fully saturated rings. The number of carbonyl (C=O) groups is 1. The van der Waals surface area contributed by atoms with Crippen LogP contribution in [0.3, 0.4) is 0 Å². The number of ketones is 1. The van der Waals surface area contributed by atoms with E-state index in [4.69, 9.17) is 4.74 Å². The summed E-state index contributed by atoms with van der Waals surface area (Å²) in [6.45, 7) is 5.56. The van der Waals surface area contributed by atoms with Crippen molar-refractivity contribution in [3.05, 3.63) is 47.3 Å². The zero-order valence-corrected chi connectivity index (χ0v) is 15.7. The minimum Gasteiger partial charge on any atom is -0.491 e. The predicted molar refractivity (Wildman–Crippen MR) is 98.9 cm³/mol. The lowest BCUT2D eigenvalue weighted by Gasteiger charge is -2.12. The molecule has 0 spiro atoms. The fourth-order valence-electron chi connectivity index (χ4n) is 2.49. The molecular formula is C18H20N4O3S. The molecule has 0 aliphatic heterocycles. The lowest BCUT2D eigenvalue weighted by molar-refractivity contribution is 0.101. The molecule has 0 aliphatic carbocycles. The molecule has 0 radical (unpaired) electrons. The number of aliphatic hydroxyl groups excluding tert-OH is 1. The SMILES string of the molecule is CC(=O)c1ccc(OC[C@H](O)CSc2nnc3nc(C)cc(C)n23)cc1. The number of carbonyl (C=O) groups excluding carboxylic acids is 1. The smallest absolute Gasteiger partial charge is 0.256 e. The van der Waals surface area contributed by atoms with E-state index in [0.29, 0.717) is 28.0 Å². The third kappa shape index (κ3) is 4.20. The van der Waals surface area contributed by atoms with Gasteiger partial charge in [-0.25, -0.2) is 4.98 Å². The first-order valence-electron chi connectivity index (χ1n) is 8.18. The normalized spacial score (nSPS) is 12.3. The van der Waals surface area contributed by atoms with Crippen molar-refractivity contribution in [3.63, 3.8) is 0 Å². The predicted octanol–water partition coefficient (Wildman–Crippen LogP) is 2.48. The van der Waals surface area contributed by atoms with Crippen molar-refractivity contribution >= 4 is 23.3 Å². The largest absolute Gasteiger partial charge is 0.491 e. The first kappa shape index (κ1) is 18.3. The van der Waals surface area contributed by atoms with Crippen LogP contribution in [0, 0.1) is 13.8 Å². The average molecular weight is 372 g/mol. The number of ether oxygens (including phenoxy) is 1. The number of nitrogens with zero attached hydrogens (tertiary/aromatic N) is 4. The highest BCUT2D eigenvalue weighted by molar-refractivity contribution is 7.99. The Balaban J connectivity index is 1.56. The van der Waals surface area contributed by atoms with Crippen LogP contribution in [0.2, 0.25) is 0 Å². The van der Waals surface area contributed by atoms with E-state index in [9.17, 15) is 9.90 Å². The first-order valence-corrected chi connectivity index (χ1v) is 9.16. The summed E-state index contributed by atoms with van der Waals surface area (Å²) < 4.78 is 7.44. The van der Waals surface area contributed by atoms with Gasteiger partial charge in [0.15, 0.2) is 10.9 Å². The average Bonchev–Trinajstić information content (AvgIpc) is 3.01. The Morgan fingerprint density at radius 3 is 2.69 bits per heavy atom. The van der Waals surface area contributed by atoms with Crippen LogP contribution in [0.1, 0.15) is 28.7 Å². The maximum Gasteiger partial charge on any atom is 0.256 e. The molecule has 2 aromatic heterocycles. The van der Waals surface area contributed by atoms with Crippen LogP contribution in [0.5, 0.6) is 5.75 Å². The molecule has 136 valence electrons. The summed E-state index contributed by atoms with van der Waals surface area (Å²) in [6.07, 6.45) is -0.668. The van der Waals surface area contributed by atoms with Crippen molar-refractivity contribution in [2.75, 3.05) is 12.4 Å². The number of fused-ring (bicyclic) bond motifs is 1. The second-order valence-corrected chi connectivity index (χ2v) is 7.00. The van der Waals surface area contributed by atoms with Gasteiger partial charge in [-0.2, -0.15) is 0 Å². The van der Waals surface area contributed by atoms with Crippen molar-refractivity contribution in [1.29, 1.82) is 0 Å². The van der Waals surface area contributed by atoms with E-state index in [1.165, 1.54) is 18.7 Å². The third-order valence-electron chi connectivity index (χ3n) is 3.77. The number of thioether (sulfide) groups is 1. The number of aromatic nitrogens is 4. The van der Waals surface area contributed by atoms with Gasteiger partial charge in [0.2, 0.25) is 0 Å². The molecule has 0 saturated carbocycles. The standard InChI is InChI=1S/C18H20N4O3S/c1-11-8-12(2)22-17(19-11)20-21-18(22)26-10-15(24)9-25-16-6-4-14(5-7-16)13(3)23/h4-8,15,24H,9-10H2,1-3H3/t15-/m0/s1. The molecule has 26 heavy (non-hydrogen) atoms. The molecule has 2 heterocycles. The molecule has 0 aliphatic rings.